The topological polar surface area (TPSA) is 38.3 Å². The van der Waals surface area contributed by atoms with E-state index in [2.05, 4.69) is 10.1 Å². The lowest BCUT2D eigenvalue weighted by Gasteiger charge is -2.19. The molecular weight excluding hydrogens is 210 g/mol. The summed E-state index contributed by atoms with van der Waals surface area (Å²) in [5.74, 6) is 0.0905. The van der Waals surface area contributed by atoms with Gasteiger partial charge in [-0.15, -0.1) is 17.0 Å². The molecule has 0 radical (unpaired) electrons. The summed E-state index contributed by atoms with van der Waals surface area (Å²) in [7, 11) is 1.45. The highest BCUT2D eigenvalue weighted by Crippen LogP contribution is 2.12. The third-order valence-corrected chi connectivity index (χ3v) is 1.87. The molecule has 1 saturated heterocycles. The normalized spacial score (nSPS) is 18.6. The molecule has 4 heteroatoms. The third kappa shape index (κ3) is 3.20. The molecule has 0 aromatic carbocycles. The number of piperidine rings is 1. The SMILES string of the molecule is Br.COC(=O)C1CCNCC1. The first-order valence-electron chi connectivity index (χ1n) is 3.63. The largest absolute Gasteiger partial charge is 0.469 e. The molecule has 0 amide bonds. The Balaban J connectivity index is 0.000001000. The van der Waals surface area contributed by atoms with E-state index in [0.29, 0.717) is 0 Å². The first-order chi connectivity index (χ1) is 4.84. The van der Waals surface area contributed by atoms with Gasteiger partial charge in [0.15, 0.2) is 0 Å². The summed E-state index contributed by atoms with van der Waals surface area (Å²) in [5.41, 5.74) is 0. The van der Waals surface area contributed by atoms with Crippen molar-refractivity contribution < 1.29 is 9.53 Å². The highest BCUT2D eigenvalue weighted by Gasteiger charge is 2.20. The van der Waals surface area contributed by atoms with Crippen LogP contribution in [-0.4, -0.2) is 26.2 Å². The first kappa shape index (κ1) is 10.9. The Morgan fingerprint density at radius 2 is 2.00 bits per heavy atom. The zero-order valence-corrected chi connectivity index (χ0v) is 8.34. The fourth-order valence-electron chi connectivity index (χ4n) is 1.22. The van der Waals surface area contributed by atoms with Gasteiger partial charge in [-0.3, -0.25) is 4.79 Å². The van der Waals surface area contributed by atoms with E-state index in [4.69, 9.17) is 0 Å². The van der Waals surface area contributed by atoms with Gasteiger partial charge in [-0.05, 0) is 25.9 Å². The lowest BCUT2D eigenvalue weighted by molar-refractivity contribution is -0.146. The van der Waals surface area contributed by atoms with Crippen molar-refractivity contribution in [3.63, 3.8) is 0 Å². The number of hydrogen-bond acceptors (Lipinski definition) is 3. The fraction of sp³-hybridized carbons (Fsp3) is 0.857. The molecule has 1 rings (SSSR count). The molecule has 0 aromatic heterocycles. The summed E-state index contributed by atoms with van der Waals surface area (Å²) in [6.07, 6.45) is 1.85. The molecule has 0 spiro atoms. The van der Waals surface area contributed by atoms with Crippen molar-refractivity contribution in [1.29, 1.82) is 0 Å². The molecule has 11 heavy (non-hydrogen) atoms. The van der Waals surface area contributed by atoms with Crippen LogP contribution in [0.4, 0.5) is 0 Å². The second-order valence-electron chi connectivity index (χ2n) is 2.55. The van der Waals surface area contributed by atoms with Crippen LogP contribution in [0, 0.1) is 5.92 Å². The summed E-state index contributed by atoms with van der Waals surface area (Å²) < 4.78 is 4.62. The van der Waals surface area contributed by atoms with Crippen LogP contribution in [0.15, 0.2) is 0 Å². The molecule has 0 aromatic rings. The predicted molar refractivity (Wildman–Crippen MR) is 47.9 cm³/mol. The molecule has 1 aliphatic rings. The minimum Gasteiger partial charge on any atom is -0.469 e. The molecule has 1 fully saturated rings. The van der Waals surface area contributed by atoms with Gasteiger partial charge in [-0.25, -0.2) is 0 Å². The second-order valence-corrected chi connectivity index (χ2v) is 2.55. The van der Waals surface area contributed by atoms with E-state index >= 15 is 0 Å². The second kappa shape index (κ2) is 5.55. The monoisotopic (exact) mass is 223 g/mol. The van der Waals surface area contributed by atoms with Gasteiger partial charge in [-0.1, -0.05) is 0 Å². The maximum Gasteiger partial charge on any atom is 0.308 e. The minimum atomic E-state index is -0.0542. The average molecular weight is 224 g/mol. The van der Waals surface area contributed by atoms with E-state index in [0.717, 1.165) is 25.9 Å². The van der Waals surface area contributed by atoms with Crippen molar-refractivity contribution in [2.24, 2.45) is 5.92 Å². The predicted octanol–water partition coefficient (Wildman–Crippen LogP) is 0.737. The van der Waals surface area contributed by atoms with Crippen LogP contribution in [0.5, 0.6) is 0 Å². The smallest absolute Gasteiger partial charge is 0.308 e. The molecule has 1 N–H and O–H groups in total. The summed E-state index contributed by atoms with van der Waals surface area (Å²) >= 11 is 0. The summed E-state index contributed by atoms with van der Waals surface area (Å²) in [4.78, 5) is 10.9. The highest BCUT2D eigenvalue weighted by atomic mass is 79.9. The quantitative estimate of drug-likeness (QED) is 0.667. The number of halogens is 1. The maximum absolute atomic E-state index is 10.9. The van der Waals surface area contributed by atoms with Crippen molar-refractivity contribution >= 4 is 23.0 Å². The van der Waals surface area contributed by atoms with E-state index in [-0.39, 0.29) is 28.9 Å². The van der Waals surface area contributed by atoms with Gasteiger partial charge in [0.05, 0.1) is 13.0 Å². The molecule has 0 aliphatic carbocycles. The molecule has 1 heterocycles. The minimum absolute atomic E-state index is 0. The molecule has 0 unspecified atom stereocenters. The lowest BCUT2D eigenvalue weighted by Crippen LogP contribution is -2.32. The van der Waals surface area contributed by atoms with Crippen LogP contribution < -0.4 is 5.32 Å². The zero-order chi connectivity index (χ0) is 7.40. The van der Waals surface area contributed by atoms with E-state index in [9.17, 15) is 4.79 Å². The van der Waals surface area contributed by atoms with Gasteiger partial charge in [-0.2, -0.15) is 0 Å². The van der Waals surface area contributed by atoms with E-state index in [1.807, 2.05) is 0 Å². The Morgan fingerprint density at radius 3 is 2.45 bits per heavy atom. The molecule has 3 nitrogen and oxygen atoms in total. The number of ether oxygens (including phenoxy) is 1. The maximum atomic E-state index is 10.9. The van der Waals surface area contributed by atoms with E-state index < -0.39 is 0 Å². The fourth-order valence-corrected chi connectivity index (χ4v) is 1.22. The van der Waals surface area contributed by atoms with Gasteiger partial charge in [0, 0.05) is 0 Å². The Morgan fingerprint density at radius 1 is 1.45 bits per heavy atom. The number of methoxy groups -OCH3 is 1. The number of esters is 1. The summed E-state index contributed by atoms with van der Waals surface area (Å²) in [5, 5.41) is 3.19. The number of nitrogens with one attached hydrogen (secondary N) is 1. The molecule has 0 bridgehead atoms. The Hall–Kier alpha value is -0.0900. The average Bonchev–Trinajstić information content (AvgIpc) is 2.05. The summed E-state index contributed by atoms with van der Waals surface area (Å²) in [6.45, 7) is 1.89. The van der Waals surface area contributed by atoms with Crippen molar-refractivity contribution in [2.75, 3.05) is 20.2 Å². The number of hydrogen-bond donors (Lipinski definition) is 1. The molecule has 1 aliphatic heterocycles. The van der Waals surface area contributed by atoms with Crippen molar-refractivity contribution in [2.45, 2.75) is 12.8 Å². The van der Waals surface area contributed by atoms with Crippen molar-refractivity contribution in [3.8, 4) is 0 Å². The van der Waals surface area contributed by atoms with Crippen LogP contribution in [-0.2, 0) is 9.53 Å². The standard InChI is InChI=1S/C7H13NO2.BrH/c1-10-7(9)6-2-4-8-5-3-6;/h6,8H,2-5H2,1H3;1H. The Kier molecular flexibility index (Phi) is 5.50. The Labute approximate surface area is 77.3 Å². The van der Waals surface area contributed by atoms with Crippen LogP contribution in [0.25, 0.3) is 0 Å². The lowest BCUT2D eigenvalue weighted by atomic mass is 9.99. The van der Waals surface area contributed by atoms with Gasteiger partial charge in [0.25, 0.3) is 0 Å². The number of carbonyl (C=O) groups excluding carboxylic acids is 1. The number of rotatable bonds is 1. The van der Waals surface area contributed by atoms with Gasteiger partial charge < -0.3 is 10.1 Å². The zero-order valence-electron chi connectivity index (χ0n) is 6.63. The van der Waals surface area contributed by atoms with Crippen LogP contribution >= 0.6 is 17.0 Å². The van der Waals surface area contributed by atoms with Crippen LogP contribution in [0.2, 0.25) is 0 Å². The third-order valence-electron chi connectivity index (χ3n) is 1.87. The first-order valence-corrected chi connectivity index (χ1v) is 3.63. The highest BCUT2D eigenvalue weighted by molar-refractivity contribution is 8.93. The molecule has 66 valence electrons. The van der Waals surface area contributed by atoms with E-state index in [1.165, 1.54) is 7.11 Å². The Bertz CT molecular complexity index is 124. The van der Waals surface area contributed by atoms with Gasteiger partial charge >= 0.3 is 5.97 Å². The van der Waals surface area contributed by atoms with Crippen LogP contribution in [0.3, 0.4) is 0 Å². The van der Waals surface area contributed by atoms with Crippen molar-refractivity contribution in [1.82, 2.24) is 5.32 Å². The van der Waals surface area contributed by atoms with Crippen LogP contribution in [0.1, 0.15) is 12.8 Å². The molecule has 0 atom stereocenters. The van der Waals surface area contributed by atoms with Gasteiger partial charge in [0.2, 0.25) is 0 Å². The van der Waals surface area contributed by atoms with Gasteiger partial charge in [0.1, 0.15) is 0 Å². The molecular formula is C7H14BrNO2. The van der Waals surface area contributed by atoms with Crippen molar-refractivity contribution in [3.05, 3.63) is 0 Å². The summed E-state index contributed by atoms with van der Waals surface area (Å²) in [6, 6.07) is 0. The molecule has 0 saturated carbocycles. The van der Waals surface area contributed by atoms with E-state index in [1.54, 1.807) is 0 Å². The number of carbonyl (C=O) groups is 1.